The van der Waals surface area contributed by atoms with Gasteiger partial charge in [-0.05, 0) is 20.8 Å². The van der Waals surface area contributed by atoms with Gasteiger partial charge >= 0.3 is 5.97 Å². The number of esters is 1. The van der Waals surface area contributed by atoms with Gasteiger partial charge in [0.1, 0.15) is 0 Å². The molecule has 0 aromatic heterocycles. The lowest BCUT2D eigenvalue weighted by Gasteiger charge is -2.25. The summed E-state index contributed by atoms with van der Waals surface area (Å²) in [7, 11) is 0. The number of amides is 1. The quantitative estimate of drug-likeness (QED) is 0.643. The lowest BCUT2D eigenvalue weighted by Crippen LogP contribution is -2.41. The molecule has 0 spiro atoms. The molecule has 0 aliphatic heterocycles. The second-order valence-corrected chi connectivity index (χ2v) is 3.85. The molecule has 0 aliphatic carbocycles. The highest BCUT2D eigenvalue weighted by Gasteiger charge is 2.14. The Morgan fingerprint density at radius 2 is 2.00 bits per heavy atom. The Balaban J connectivity index is 3.97. The lowest BCUT2D eigenvalue weighted by atomic mass is 10.3. The van der Waals surface area contributed by atoms with Gasteiger partial charge in [0.15, 0.2) is 0 Å². The van der Waals surface area contributed by atoms with Crippen molar-refractivity contribution >= 4 is 11.9 Å². The van der Waals surface area contributed by atoms with E-state index in [1.807, 2.05) is 18.7 Å². The molecule has 0 rings (SSSR count). The first-order valence-electron chi connectivity index (χ1n) is 5.61. The average molecular weight is 230 g/mol. The number of ether oxygens (including phenoxy) is 1. The van der Waals surface area contributed by atoms with Gasteiger partial charge in [0.2, 0.25) is 5.91 Å². The van der Waals surface area contributed by atoms with Crippen LogP contribution in [0.1, 0.15) is 27.7 Å². The molecule has 94 valence electrons. The molecule has 0 fully saturated rings. The van der Waals surface area contributed by atoms with Crippen molar-refractivity contribution in [1.29, 1.82) is 0 Å². The largest absolute Gasteiger partial charge is 0.465 e. The van der Waals surface area contributed by atoms with E-state index in [2.05, 4.69) is 5.32 Å². The molecule has 0 saturated heterocycles. The van der Waals surface area contributed by atoms with Gasteiger partial charge in [-0.15, -0.1) is 0 Å². The summed E-state index contributed by atoms with van der Waals surface area (Å²) in [4.78, 5) is 24.0. The van der Waals surface area contributed by atoms with Crippen LogP contribution in [0.5, 0.6) is 0 Å². The van der Waals surface area contributed by atoms with Crippen molar-refractivity contribution in [2.45, 2.75) is 33.7 Å². The molecule has 5 heteroatoms. The molecule has 0 saturated carbocycles. The number of carbonyl (C=O) groups excluding carboxylic acids is 2. The fourth-order valence-corrected chi connectivity index (χ4v) is 1.27. The minimum atomic E-state index is -0.223. The van der Waals surface area contributed by atoms with Crippen molar-refractivity contribution in [2.75, 3.05) is 26.2 Å². The predicted octanol–water partition coefficient (Wildman–Crippen LogP) is 0.396. The number of hydrogen-bond donors (Lipinski definition) is 1. The summed E-state index contributed by atoms with van der Waals surface area (Å²) in [5, 5.41) is 2.70. The highest BCUT2D eigenvalue weighted by Crippen LogP contribution is 1.97. The molecular formula is C11H22N2O3. The van der Waals surface area contributed by atoms with Crippen LogP contribution in [-0.2, 0) is 14.3 Å². The van der Waals surface area contributed by atoms with Crippen LogP contribution >= 0.6 is 0 Å². The summed E-state index contributed by atoms with van der Waals surface area (Å²) in [5.74, 6) is -0.279. The van der Waals surface area contributed by atoms with Gasteiger partial charge < -0.3 is 10.1 Å². The topological polar surface area (TPSA) is 58.6 Å². The van der Waals surface area contributed by atoms with E-state index >= 15 is 0 Å². The maximum Gasteiger partial charge on any atom is 0.320 e. The molecule has 0 atom stereocenters. The maximum atomic E-state index is 11.3. The molecule has 1 N–H and O–H groups in total. The molecule has 0 aromatic rings. The van der Waals surface area contributed by atoms with Gasteiger partial charge in [0.05, 0.1) is 13.2 Å². The Labute approximate surface area is 97.1 Å². The van der Waals surface area contributed by atoms with E-state index in [9.17, 15) is 9.59 Å². The van der Waals surface area contributed by atoms with Crippen LogP contribution in [0.15, 0.2) is 0 Å². The Hall–Kier alpha value is -1.10. The molecule has 16 heavy (non-hydrogen) atoms. The van der Waals surface area contributed by atoms with E-state index in [1.54, 1.807) is 6.92 Å². The van der Waals surface area contributed by atoms with Gasteiger partial charge in [-0.3, -0.25) is 14.5 Å². The average Bonchev–Trinajstić information content (AvgIpc) is 2.15. The third-order valence-electron chi connectivity index (χ3n) is 2.14. The van der Waals surface area contributed by atoms with Crippen molar-refractivity contribution in [2.24, 2.45) is 0 Å². The summed E-state index contributed by atoms with van der Waals surface area (Å²) in [6.07, 6.45) is 0. The van der Waals surface area contributed by atoms with Crippen molar-refractivity contribution < 1.29 is 14.3 Å². The zero-order valence-electron chi connectivity index (χ0n) is 10.6. The molecule has 0 radical (unpaired) electrons. The van der Waals surface area contributed by atoms with Gasteiger partial charge in [0, 0.05) is 26.1 Å². The minimum Gasteiger partial charge on any atom is -0.465 e. The lowest BCUT2D eigenvalue weighted by molar-refractivity contribution is -0.144. The Morgan fingerprint density at radius 1 is 1.38 bits per heavy atom. The van der Waals surface area contributed by atoms with E-state index in [0.717, 1.165) is 0 Å². The summed E-state index contributed by atoms with van der Waals surface area (Å²) < 4.78 is 4.88. The van der Waals surface area contributed by atoms with E-state index < -0.39 is 0 Å². The highest BCUT2D eigenvalue weighted by atomic mass is 16.5. The van der Waals surface area contributed by atoms with E-state index in [1.165, 1.54) is 6.92 Å². The second kappa shape index (κ2) is 8.10. The standard InChI is InChI=1S/C11H22N2O3/c1-5-16-11(15)8-13(9(2)3)7-6-12-10(4)14/h9H,5-8H2,1-4H3,(H,12,14). The molecule has 0 heterocycles. The van der Waals surface area contributed by atoms with Crippen LogP contribution in [0, 0.1) is 0 Å². The predicted molar refractivity (Wildman–Crippen MR) is 62.0 cm³/mol. The fourth-order valence-electron chi connectivity index (χ4n) is 1.27. The van der Waals surface area contributed by atoms with Crippen LogP contribution in [0.2, 0.25) is 0 Å². The Kier molecular flexibility index (Phi) is 7.54. The van der Waals surface area contributed by atoms with Crippen molar-refractivity contribution in [3.63, 3.8) is 0 Å². The minimum absolute atomic E-state index is 0.0557. The molecular weight excluding hydrogens is 208 g/mol. The van der Waals surface area contributed by atoms with E-state index in [4.69, 9.17) is 4.74 Å². The summed E-state index contributed by atoms with van der Waals surface area (Å²) >= 11 is 0. The summed E-state index contributed by atoms with van der Waals surface area (Å²) in [5.41, 5.74) is 0. The van der Waals surface area contributed by atoms with Crippen molar-refractivity contribution in [3.8, 4) is 0 Å². The van der Waals surface area contributed by atoms with Crippen LogP contribution < -0.4 is 5.32 Å². The summed E-state index contributed by atoms with van der Waals surface area (Å²) in [6, 6.07) is 0.248. The molecule has 0 unspecified atom stereocenters. The number of rotatable bonds is 7. The number of nitrogens with one attached hydrogen (secondary N) is 1. The monoisotopic (exact) mass is 230 g/mol. The number of nitrogens with zero attached hydrogens (tertiary/aromatic N) is 1. The molecule has 0 aliphatic rings. The Morgan fingerprint density at radius 3 is 2.44 bits per heavy atom. The van der Waals surface area contributed by atoms with Gasteiger partial charge in [0.25, 0.3) is 0 Å². The third-order valence-corrected chi connectivity index (χ3v) is 2.14. The first kappa shape index (κ1) is 14.9. The zero-order chi connectivity index (χ0) is 12.6. The normalized spacial score (nSPS) is 10.6. The van der Waals surface area contributed by atoms with E-state index in [-0.39, 0.29) is 24.5 Å². The van der Waals surface area contributed by atoms with Gasteiger partial charge in [-0.2, -0.15) is 0 Å². The summed E-state index contributed by atoms with van der Waals surface area (Å²) in [6.45, 7) is 9.14. The second-order valence-electron chi connectivity index (χ2n) is 3.85. The third kappa shape index (κ3) is 7.23. The van der Waals surface area contributed by atoms with Crippen LogP contribution in [-0.4, -0.2) is 49.1 Å². The number of hydrogen-bond acceptors (Lipinski definition) is 4. The van der Waals surface area contributed by atoms with Crippen molar-refractivity contribution in [1.82, 2.24) is 10.2 Å². The highest BCUT2D eigenvalue weighted by molar-refractivity contribution is 5.73. The Bertz CT molecular complexity index is 229. The SMILES string of the molecule is CCOC(=O)CN(CCNC(C)=O)C(C)C. The smallest absolute Gasteiger partial charge is 0.320 e. The zero-order valence-corrected chi connectivity index (χ0v) is 10.6. The molecule has 1 amide bonds. The fraction of sp³-hybridized carbons (Fsp3) is 0.818. The van der Waals surface area contributed by atoms with Crippen molar-refractivity contribution in [3.05, 3.63) is 0 Å². The van der Waals surface area contributed by atoms with Crippen LogP contribution in [0.4, 0.5) is 0 Å². The first-order chi connectivity index (χ1) is 7.47. The first-order valence-corrected chi connectivity index (χ1v) is 5.61. The van der Waals surface area contributed by atoms with Crippen LogP contribution in [0.25, 0.3) is 0 Å². The molecule has 0 bridgehead atoms. The van der Waals surface area contributed by atoms with Crippen LogP contribution in [0.3, 0.4) is 0 Å². The molecule has 0 aromatic carbocycles. The van der Waals surface area contributed by atoms with E-state index in [0.29, 0.717) is 19.7 Å². The maximum absolute atomic E-state index is 11.3. The molecule has 5 nitrogen and oxygen atoms in total. The van der Waals surface area contributed by atoms with Gasteiger partial charge in [-0.1, -0.05) is 0 Å². The van der Waals surface area contributed by atoms with Gasteiger partial charge in [-0.25, -0.2) is 0 Å². The number of carbonyl (C=O) groups is 2.